The Kier molecular flexibility index (Phi) is 5.71. The molecule has 0 bridgehead atoms. The SMILES string of the molecule is CCN(CCCN(C)C)c1nnc(C)c(C)c1C#N. The predicted octanol–water partition coefficient (Wildman–Crippen LogP) is 1.74. The van der Waals surface area contributed by atoms with E-state index in [2.05, 4.69) is 47.1 Å². The van der Waals surface area contributed by atoms with E-state index in [1.54, 1.807) is 0 Å². The van der Waals surface area contributed by atoms with Crippen molar-refractivity contribution < 1.29 is 0 Å². The van der Waals surface area contributed by atoms with E-state index in [1.165, 1.54) is 0 Å². The van der Waals surface area contributed by atoms with E-state index in [9.17, 15) is 5.26 Å². The van der Waals surface area contributed by atoms with Gasteiger partial charge in [0, 0.05) is 13.1 Å². The zero-order valence-electron chi connectivity index (χ0n) is 12.6. The maximum Gasteiger partial charge on any atom is 0.169 e. The Labute approximate surface area is 115 Å². The molecule has 0 aromatic carbocycles. The molecule has 19 heavy (non-hydrogen) atoms. The van der Waals surface area contributed by atoms with Gasteiger partial charge in [0.25, 0.3) is 0 Å². The molecule has 0 aliphatic carbocycles. The molecule has 104 valence electrons. The van der Waals surface area contributed by atoms with Crippen molar-refractivity contribution >= 4 is 5.82 Å². The quantitative estimate of drug-likeness (QED) is 0.780. The largest absolute Gasteiger partial charge is 0.354 e. The monoisotopic (exact) mass is 261 g/mol. The molecular weight excluding hydrogens is 238 g/mol. The van der Waals surface area contributed by atoms with Crippen LogP contribution in [-0.4, -0.2) is 48.8 Å². The molecular formula is C14H23N5. The van der Waals surface area contributed by atoms with Gasteiger partial charge in [0.05, 0.1) is 5.69 Å². The van der Waals surface area contributed by atoms with Crippen molar-refractivity contribution in [2.24, 2.45) is 0 Å². The second-order valence-corrected chi connectivity index (χ2v) is 4.96. The summed E-state index contributed by atoms with van der Waals surface area (Å²) in [6.45, 7) is 8.64. The highest BCUT2D eigenvalue weighted by atomic mass is 15.3. The van der Waals surface area contributed by atoms with Gasteiger partial charge < -0.3 is 9.80 Å². The average molecular weight is 261 g/mol. The van der Waals surface area contributed by atoms with Gasteiger partial charge in [-0.1, -0.05) is 0 Å². The molecule has 0 spiro atoms. The summed E-state index contributed by atoms with van der Waals surface area (Å²) in [5.41, 5.74) is 2.41. The maximum atomic E-state index is 9.33. The van der Waals surface area contributed by atoms with Gasteiger partial charge in [0.15, 0.2) is 5.82 Å². The number of aryl methyl sites for hydroxylation is 1. The highest BCUT2D eigenvalue weighted by Gasteiger charge is 2.15. The van der Waals surface area contributed by atoms with Gasteiger partial charge in [-0.2, -0.15) is 10.4 Å². The van der Waals surface area contributed by atoms with Crippen LogP contribution in [-0.2, 0) is 0 Å². The lowest BCUT2D eigenvalue weighted by atomic mass is 10.1. The molecule has 0 aliphatic rings. The van der Waals surface area contributed by atoms with Gasteiger partial charge in [-0.15, -0.1) is 5.10 Å². The minimum absolute atomic E-state index is 0.652. The normalized spacial score (nSPS) is 10.6. The lowest BCUT2D eigenvalue weighted by Gasteiger charge is -2.24. The lowest BCUT2D eigenvalue weighted by molar-refractivity contribution is 0.400. The number of rotatable bonds is 6. The number of nitriles is 1. The lowest BCUT2D eigenvalue weighted by Crippen LogP contribution is -2.29. The number of hydrogen-bond donors (Lipinski definition) is 0. The Bertz CT molecular complexity index is 462. The zero-order valence-corrected chi connectivity index (χ0v) is 12.6. The molecule has 0 atom stereocenters. The van der Waals surface area contributed by atoms with Gasteiger partial charge in [-0.3, -0.25) is 0 Å². The van der Waals surface area contributed by atoms with Crippen LogP contribution in [0.2, 0.25) is 0 Å². The molecule has 0 amide bonds. The van der Waals surface area contributed by atoms with Crippen LogP contribution in [0.15, 0.2) is 0 Å². The van der Waals surface area contributed by atoms with Crippen molar-refractivity contribution in [1.29, 1.82) is 5.26 Å². The first-order valence-electron chi connectivity index (χ1n) is 6.64. The van der Waals surface area contributed by atoms with Gasteiger partial charge >= 0.3 is 0 Å². The minimum atomic E-state index is 0.652. The summed E-state index contributed by atoms with van der Waals surface area (Å²) in [6.07, 6.45) is 1.04. The van der Waals surface area contributed by atoms with Crippen LogP contribution in [0.3, 0.4) is 0 Å². The first-order chi connectivity index (χ1) is 9.01. The predicted molar refractivity (Wildman–Crippen MR) is 77.3 cm³/mol. The van der Waals surface area contributed by atoms with Crippen molar-refractivity contribution in [1.82, 2.24) is 15.1 Å². The fraction of sp³-hybridized carbons (Fsp3) is 0.643. The molecule has 0 saturated carbocycles. The smallest absolute Gasteiger partial charge is 0.169 e. The van der Waals surface area contributed by atoms with E-state index in [4.69, 9.17) is 0 Å². The Hall–Kier alpha value is -1.67. The van der Waals surface area contributed by atoms with Gasteiger partial charge in [-0.05, 0) is 53.4 Å². The second-order valence-electron chi connectivity index (χ2n) is 4.96. The van der Waals surface area contributed by atoms with E-state index in [0.717, 1.165) is 37.3 Å². The highest BCUT2D eigenvalue weighted by molar-refractivity contribution is 5.57. The second kappa shape index (κ2) is 7.05. The standard InChI is InChI=1S/C14H23N5/c1-6-19(9-7-8-18(4)5)14-13(10-15)11(2)12(3)16-17-14/h6-9H2,1-5H3. The van der Waals surface area contributed by atoms with Crippen LogP contribution in [0, 0.1) is 25.2 Å². The van der Waals surface area contributed by atoms with Crippen molar-refractivity contribution in [3.63, 3.8) is 0 Å². The Balaban J connectivity index is 2.93. The average Bonchev–Trinajstić information content (AvgIpc) is 2.38. The molecule has 5 heteroatoms. The van der Waals surface area contributed by atoms with Crippen molar-refractivity contribution in [2.75, 3.05) is 38.6 Å². The third-order valence-corrected chi connectivity index (χ3v) is 3.26. The topological polar surface area (TPSA) is 56.1 Å². The van der Waals surface area contributed by atoms with E-state index in [1.807, 2.05) is 13.8 Å². The number of hydrogen-bond acceptors (Lipinski definition) is 5. The summed E-state index contributed by atoms with van der Waals surface area (Å²) in [4.78, 5) is 4.28. The summed E-state index contributed by atoms with van der Waals surface area (Å²) in [6, 6.07) is 2.26. The van der Waals surface area contributed by atoms with E-state index in [-0.39, 0.29) is 0 Å². The summed E-state index contributed by atoms with van der Waals surface area (Å²) in [5.74, 6) is 0.715. The zero-order chi connectivity index (χ0) is 14.4. The molecule has 1 rings (SSSR count). The molecule has 0 radical (unpaired) electrons. The molecule has 0 fully saturated rings. The summed E-state index contributed by atoms with van der Waals surface area (Å²) < 4.78 is 0. The van der Waals surface area contributed by atoms with Gasteiger partial charge in [0.1, 0.15) is 11.6 Å². The first kappa shape index (κ1) is 15.4. The molecule has 0 saturated heterocycles. The Morgan fingerprint density at radius 2 is 1.84 bits per heavy atom. The first-order valence-corrected chi connectivity index (χ1v) is 6.64. The van der Waals surface area contributed by atoms with Crippen molar-refractivity contribution in [3.8, 4) is 6.07 Å². The van der Waals surface area contributed by atoms with Crippen LogP contribution in [0.1, 0.15) is 30.2 Å². The fourth-order valence-corrected chi connectivity index (χ4v) is 1.94. The minimum Gasteiger partial charge on any atom is -0.354 e. The molecule has 0 unspecified atom stereocenters. The fourth-order valence-electron chi connectivity index (χ4n) is 1.94. The Morgan fingerprint density at radius 1 is 1.16 bits per heavy atom. The van der Waals surface area contributed by atoms with Crippen LogP contribution in [0.25, 0.3) is 0 Å². The number of aromatic nitrogens is 2. The summed E-state index contributed by atoms with van der Waals surface area (Å²) in [5, 5.41) is 17.7. The van der Waals surface area contributed by atoms with Crippen molar-refractivity contribution in [3.05, 3.63) is 16.8 Å². The van der Waals surface area contributed by atoms with Crippen LogP contribution in [0.4, 0.5) is 5.82 Å². The number of anilines is 1. The molecule has 1 aromatic heterocycles. The number of nitrogens with zero attached hydrogens (tertiary/aromatic N) is 5. The third kappa shape index (κ3) is 3.90. The van der Waals surface area contributed by atoms with Gasteiger partial charge in [-0.25, -0.2) is 0 Å². The molecule has 0 N–H and O–H groups in total. The maximum absolute atomic E-state index is 9.33. The molecule has 0 aliphatic heterocycles. The van der Waals surface area contributed by atoms with Crippen LogP contribution < -0.4 is 4.90 Å². The van der Waals surface area contributed by atoms with E-state index in [0.29, 0.717) is 11.4 Å². The van der Waals surface area contributed by atoms with Gasteiger partial charge in [0.2, 0.25) is 0 Å². The van der Waals surface area contributed by atoms with Crippen molar-refractivity contribution in [2.45, 2.75) is 27.2 Å². The molecule has 5 nitrogen and oxygen atoms in total. The summed E-state index contributed by atoms with van der Waals surface area (Å²) >= 11 is 0. The Morgan fingerprint density at radius 3 is 2.37 bits per heavy atom. The van der Waals surface area contributed by atoms with Crippen LogP contribution >= 0.6 is 0 Å². The molecule has 1 aromatic rings. The third-order valence-electron chi connectivity index (χ3n) is 3.26. The summed E-state index contributed by atoms with van der Waals surface area (Å²) in [7, 11) is 4.12. The van der Waals surface area contributed by atoms with Crippen LogP contribution in [0.5, 0.6) is 0 Å². The highest BCUT2D eigenvalue weighted by Crippen LogP contribution is 2.21. The van der Waals surface area contributed by atoms with E-state index >= 15 is 0 Å². The van der Waals surface area contributed by atoms with E-state index < -0.39 is 0 Å². The molecule has 1 heterocycles.